The van der Waals surface area contributed by atoms with Crippen LogP contribution in [0.5, 0.6) is 0 Å². The molecule has 0 amide bonds. The molecule has 1 aliphatic heterocycles. The van der Waals surface area contributed by atoms with Crippen LogP contribution in [0.25, 0.3) is 0 Å². The molecule has 2 fully saturated rings. The Morgan fingerprint density at radius 1 is 1.21 bits per heavy atom. The van der Waals surface area contributed by atoms with E-state index in [9.17, 15) is 0 Å². The highest BCUT2D eigenvalue weighted by Crippen LogP contribution is 2.28. The summed E-state index contributed by atoms with van der Waals surface area (Å²) < 4.78 is 0. The number of hydrogen-bond acceptors (Lipinski definition) is 2. The molecular weight excluding hydrogens is 190 g/mol. The summed E-state index contributed by atoms with van der Waals surface area (Å²) in [6, 6.07) is 1.59. The second kappa shape index (κ2) is 5.41. The van der Waals surface area contributed by atoms with Crippen LogP contribution >= 0.6 is 11.8 Å². The van der Waals surface area contributed by atoms with Crippen molar-refractivity contribution in [3.8, 4) is 0 Å². The van der Waals surface area contributed by atoms with Crippen LogP contribution in [0.1, 0.15) is 45.4 Å². The topological polar surface area (TPSA) is 12.0 Å². The zero-order chi connectivity index (χ0) is 9.80. The lowest BCUT2D eigenvalue weighted by Gasteiger charge is -2.32. The van der Waals surface area contributed by atoms with Gasteiger partial charge in [-0.15, -0.1) is 0 Å². The molecule has 0 radical (unpaired) electrons. The minimum absolute atomic E-state index is 0.754. The fraction of sp³-hybridized carbons (Fsp3) is 1.00. The van der Waals surface area contributed by atoms with Gasteiger partial charge in [-0.05, 0) is 19.3 Å². The van der Waals surface area contributed by atoms with Gasteiger partial charge in [0.2, 0.25) is 0 Å². The Balaban J connectivity index is 1.62. The van der Waals surface area contributed by atoms with Crippen LogP contribution in [0, 0.1) is 5.92 Å². The van der Waals surface area contributed by atoms with Crippen molar-refractivity contribution in [1.82, 2.24) is 5.32 Å². The largest absolute Gasteiger partial charge is 0.310 e. The molecule has 1 N–H and O–H groups in total. The van der Waals surface area contributed by atoms with Crippen molar-refractivity contribution in [3.63, 3.8) is 0 Å². The Hall–Kier alpha value is 0.310. The van der Waals surface area contributed by atoms with Crippen molar-refractivity contribution in [3.05, 3.63) is 0 Å². The van der Waals surface area contributed by atoms with E-state index in [1.54, 1.807) is 0 Å². The Kier molecular flexibility index (Phi) is 4.18. The third-order valence-electron chi connectivity index (χ3n) is 3.57. The molecule has 0 aromatic heterocycles. The molecule has 0 aromatic rings. The SMILES string of the molecule is C[C@@H](CC1CCCCC1)NC1CSC1. The summed E-state index contributed by atoms with van der Waals surface area (Å²) in [7, 11) is 0. The van der Waals surface area contributed by atoms with Crippen molar-refractivity contribution in [2.75, 3.05) is 11.5 Å². The lowest BCUT2D eigenvalue weighted by atomic mass is 9.85. The van der Waals surface area contributed by atoms with Crippen LogP contribution in [0.2, 0.25) is 0 Å². The molecule has 1 atom stereocenters. The minimum Gasteiger partial charge on any atom is -0.310 e. The van der Waals surface area contributed by atoms with Crippen LogP contribution in [-0.2, 0) is 0 Å². The molecule has 0 bridgehead atoms. The number of rotatable bonds is 4. The third kappa shape index (κ3) is 3.16. The number of thioether (sulfide) groups is 1. The number of nitrogens with one attached hydrogen (secondary N) is 1. The highest BCUT2D eigenvalue weighted by molar-refractivity contribution is 8.00. The first-order valence-corrected chi connectivity index (χ1v) is 7.34. The van der Waals surface area contributed by atoms with Gasteiger partial charge in [-0.3, -0.25) is 0 Å². The average molecular weight is 213 g/mol. The van der Waals surface area contributed by atoms with Crippen molar-refractivity contribution in [2.24, 2.45) is 5.92 Å². The second-order valence-electron chi connectivity index (χ2n) is 5.04. The van der Waals surface area contributed by atoms with Crippen molar-refractivity contribution in [1.29, 1.82) is 0 Å². The van der Waals surface area contributed by atoms with Gasteiger partial charge in [0.25, 0.3) is 0 Å². The number of hydrogen-bond donors (Lipinski definition) is 1. The highest BCUT2D eigenvalue weighted by atomic mass is 32.2. The molecule has 1 saturated heterocycles. The molecule has 2 rings (SSSR count). The molecule has 2 aliphatic rings. The molecule has 14 heavy (non-hydrogen) atoms. The Bertz CT molecular complexity index is 162. The summed E-state index contributed by atoms with van der Waals surface area (Å²) in [5.74, 6) is 3.71. The van der Waals surface area contributed by atoms with Gasteiger partial charge >= 0.3 is 0 Å². The van der Waals surface area contributed by atoms with Crippen LogP contribution in [0.4, 0.5) is 0 Å². The van der Waals surface area contributed by atoms with Gasteiger partial charge in [0.15, 0.2) is 0 Å². The van der Waals surface area contributed by atoms with E-state index in [2.05, 4.69) is 24.0 Å². The van der Waals surface area contributed by atoms with E-state index in [-0.39, 0.29) is 0 Å². The molecule has 1 saturated carbocycles. The summed E-state index contributed by atoms with van der Waals surface area (Å²) >= 11 is 2.07. The van der Waals surface area contributed by atoms with Crippen molar-refractivity contribution in [2.45, 2.75) is 57.5 Å². The molecule has 0 unspecified atom stereocenters. The fourth-order valence-corrected chi connectivity index (χ4v) is 3.39. The van der Waals surface area contributed by atoms with Crippen molar-refractivity contribution < 1.29 is 0 Å². The van der Waals surface area contributed by atoms with Crippen molar-refractivity contribution >= 4 is 11.8 Å². The van der Waals surface area contributed by atoms with Gasteiger partial charge in [-0.2, -0.15) is 11.8 Å². The molecule has 2 heteroatoms. The monoisotopic (exact) mass is 213 g/mol. The average Bonchev–Trinajstić information content (AvgIpc) is 2.13. The standard InChI is InChI=1S/C12H23NS/c1-10(13-12-8-14-9-12)7-11-5-3-2-4-6-11/h10-13H,2-9H2,1H3/t10-/m0/s1. The van der Waals surface area contributed by atoms with Gasteiger partial charge in [0.05, 0.1) is 0 Å². The molecule has 0 spiro atoms. The van der Waals surface area contributed by atoms with Crippen LogP contribution in [-0.4, -0.2) is 23.6 Å². The quantitative estimate of drug-likeness (QED) is 0.770. The van der Waals surface area contributed by atoms with E-state index in [1.807, 2.05) is 0 Å². The molecule has 0 aromatic carbocycles. The van der Waals surface area contributed by atoms with E-state index < -0.39 is 0 Å². The van der Waals surface area contributed by atoms with Gasteiger partial charge < -0.3 is 5.32 Å². The molecule has 82 valence electrons. The van der Waals surface area contributed by atoms with E-state index in [0.717, 1.165) is 18.0 Å². The van der Waals surface area contributed by atoms with Crippen LogP contribution in [0.15, 0.2) is 0 Å². The summed E-state index contributed by atoms with van der Waals surface area (Å²) in [5, 5.41) is 3.74. The Morgan fingerprint density at radius 2 is 1.93 bits per heavy atom. The fourth-order valence-electron chi connectivity index (χ4n) is 2.73. The maximum atomic E-state index is 3.74. The summed E-state index contributed by atoms with van der Waals surface area (Å²) in [5.41, 5.74) is 0. The summed E-state index contributed by atoms with van der Waals surface area (Å²) in [6.07, 6.45) is 8.85. The van der Waals surface area contributed by atoms with Crippen LogP contribution < -0.4 is 5.32 Å². The summed E-state index contributed by atoms with van der Waals surface area (Å²) in [6.45, 7) is 2.37. The lowest BCUT2D eigenvalue weighted by Crippen LogP contribution is -2.45. The van der Waals surface area contributed by atoms with E-state index in [1.165, 1.54) is 50.0 Å². The van der Waals surface area contributed by atoms with E-state index in [0.29, 0.717) is 0 Å². The summed E-state index contributed by atoms with van der Waals surface area (Å²) in [4.78, 5) is 0. The zero-order valence-corrected chi connectivity index (χ0v) is 10.1. The molecular formula is C12H23NS. The molecule has 1 nitrogen and oxygen atoms in total. The lowest BCUT2D eigenvalue weighted by molar-refractivity contribution is 0.298. The van der Waals surface area contributed by atoms with E-state index >= 15 is 0 Å². The predicted molar refractivity (Wildman–Crippen MR) is 64.9 cm³/mol. The first-order chi connectivity index (χ1) is 6.84. The zero-order valence-electron chi connectivity index (χ0n) is 9.30. The van der Waals surface area contributed by atoms with Crippen LogP contribution in [0.3, 0.4) is 0 Å². The molecule has 1 aliphatic carbocycles. The third-order valence-corrected chi connectivity index (χ3v) is 4.85. The second-order valence-corrected chi connectivity index (χ2v) is 6.12. The predicted octanol–water partition coefficient (Wildman–Crippen LogP) is 3.05. The van der Waals surface area contributed by atoms with E-state index in [4.69, 9.17) is 0 Å². The Labute approximate surface area is 92.4 Å². The van der Waals surface area contributed by atoms with Gasteiger partial charge in [-0.1, -0.05) is 32.1 Å². The van der Waals surface area contributed by atoms with Gasteiger partial charge in [-0.25, -0.2) is 0 Å². The minimum atomic E-state index is 0.754. The molecule has 1 heterocycles. The highest BCUT2D eigenvalue weighted by Gasteiger charge is 2.22. The first-order valence-electron chi connectivity index (χ1n) is 6.18. The van der Waals surface area contributed by atoms with Gasteiger partial charge in [0.1, 0.15) is 0 Å². The normalized spacial score (nSPS) is 27.2. The van der Waals surface area contributed by atoms with Gasteiger partial charge in [0, 0.05) is 23.6 Å². The maximum absolute atomic E-state index is 3.74. The smallest absolute Gasteiger partial charge is 0.0251 e. The maximum Gasteiger partial charge on any atom is 0.0251 e. The first kappa shape index (κ1) is 10.8. The Morgan fingerprint density at radius 3 is 2.50 bits per heavy atom.